The fourth-order valence-corrected chi connectivity index (χ4v) is 2.04. The first-order valence-corrected chi connectivity index (χ1v) is 6.59. The van der Waals surface area contributed by atoms with E-state index in [0.29, 0.717) is 0 Å². The van der Waals surface area contributed by atoms with Crippen molar-refractivity contribution >= 4 is 21.8 Å². The van der Waals surface area contributed by atoms with Gasteiger partial charge in [-0.2, -0.15) is 0 Å². The Labute approximate surface area is 109 Å². The number of phenols is 2. The lowest BCUT2D eigenvalue weighted by molar-refractivity contribution is 0.0932. The topological polar surface area (TPSA) is 69.6 Å². The number of rotatable bonds is 5. The zero-order valence-corrected chi connectivity index (χ0v) is 11.2. The molecule has 1 unspecified atom stereocenters. The van der Waals surface area contributed by atoms with Crippen molar-refractivity contribution in [3.8, 4) is 11.5 Å². The van der Waals surface area contributed by atoms with Crippen molar-refractivity contribution < 1.29 is 15.0 Å². The lowest BCUT2D eigenvalue weighted by atomic mass is 10.1. The Hall–Kier alpha value is -1.23. The minimum absolute atomic E-state index is 0.0634. The molecule has 1 rings (SSSR count). The molecule has 1 amide bonds. The fraction of sp³-hybridized carbons (Fsp3) is 0.417. The molecule has 0 heterocycles. The number of carbonyl (C=O) groups is 1. The average molecular weight is 302 g/mol. The van der Waals surface area contributed by atoms with Crippen LogP contribution in [-0.2, 0) is 0 Å². The highest BCUT2D eigenvalue weighted by Gasteiger charge is 2.15. The molecule has 0 radical (unpaired) electrons. The summed E-state index contributed by atoms with van der Waals surface area (Å²) in [6, 6.07) is 4.01. The fourth-order valence-electron chi connectivity index (χ4n) is 1.49. The van der Waals surface area contributed by atoms with E-state index in [-0.39, 0.29) is 29.0 Å². The maximum atomic E-state index is 11.9. The second kappa shape index (κ2) is 6.49. The van der Waals surface area contributed by atoms with Gasteiger partial charge in [0.05, 0.1) is 5.56 Å². The second-order valence-electron chi connectivity index (χ2n) is 3.76. The molecule has 0 aromatic heterocycles. The van der Waals surface area contributed by atoms with Crippen LogP contribution in [-0.4, -0.2) is 27.5 Å². The van der Waals surface area contributed by atoms with Crippen molar-refractivity contribution in [1.29, 1.82) is 0 Å². The number of phenolic OH excluding ortho intramolecular Hbond substituents is 2. The molecule has 0 saturated carbocycles. The van der Waals surface area contributed by atoms with Crippen LogP contribution in [0.1, 0.15) is 30.1 Å². The van der Waals surface area contributed by atoms with E-state index in [0.717, 1.165) is 24.2 Å². The van der Waals surface area contributed by atoms with Crippen molar-refractivity contribution in [3.63, 3.8) is 0 Å². The Morgan fingerprint density at radius 2 is 2.18 bits per heavy atom. The molecule has 17 heavy (non-hydrogen) atoms. The molecule has 94 valence electrons. The number of hydrogen-bond acceptors (Lipinski definition) is 3. The van der Waals surface area contributed by atoms with E-state index in [9.17, 15) is 9.90 Å². The highest BCUT2D eigenvalue weighted by atomic mass is 79.9. The lowest BCUT2D eigenvalue weighted by Gasteiger charge is -2.16. The third kappa shape index (κ3) is 3.93. The SMILES string of the molecule is CCC(CCBr)NC(=O)c1ccc(O)cc1O. The van der Waals surface area contributed by atoms with Gasteiger partial charge in [0.2, 0.25) is 0 Å². The lowest BCUT2D eigenvalue weighted by Crippen LogP contribution is -2.34. The Morgan fingerprint density at radius 3 is 2.71 bits per heavy atom. The number of benzene rings is 1. The number of amides is 1. The van der Waals surface area contributed by atoms with Gasteiger partial charge in [-0.05, 0) is 25.0 Å². The maximum absolute atomic E-state index is 11.9. The van der Waals surface area contributed by atoms with Gasteiger partial charge in [0.1, 0.15) is 11.5 Å². The maximum Gasteiger partial charge on any atom is 0.255 e. The van der Waals surface area contributed by atoms with Crippen molar-refractivity contribution in [3.05, 3.63) is 23.8 Å². The summed E-state index contributed by atoms with van der Waals surface area (Å²) in [6.45, 7) is 1.99. The molecule has 1 atom stereocenters. The van der Waals surface area contributed by atoms with Gasteiger partial charge in [-0.25, -0.2) is 0 Å². The van der Waals surface area contributed by atoms with Crippen LogP contribution in [0.15, 0.2) is 18.2 Å². The molecule has 0 aliphatic heterocycles. The molecule has 5 heteroatoms. The van der Waals surface area contributed by atoms with Gasteiger partial charge in [0.15, 0.2) is 0 Å². The van der Waals surface area contributed by atoms with Crippen LogP contribution < -0.4 is 5.32 Å². The molecular weight excluding hydrogens is 286 g/mol. The molecule has 3 N–H and O–H groups in total. The normalized spacial score (nSPS) is 12.1. The summed E-state index contributed by atoms with van der Waals surface area (Å²) < 4.78 is 0. The number of hydrogen-bond donors (Lipinski definition) is 3. The van der Waals surface area contributed by atoms with Crippen LogP contribution in [0.3, 0.4) is 0 Å². The third-order valence-corrected chi connectivity index (χ3v) is 2.97. The first kappa shape index (κ1) is 13.8. The average Bonchev–Trinajstić information content (AvgIpc) is 2.28. The van der Waals surface area contributed by atoms with Gasteiger partial charge >= 0.3 is 0 Å². The van der Waals surface area contributed by atoms with E-state index in [2.05, 4.69) is 21.2 Å². The Balaban J connectivity index is 2.75. The Bertz CT molecular complexity index is 395. The van der Waals surface area contributed by atoms with Crippen molar-refractivity contribution in [1.82, 2.24) is 5.32 Å². The zero-order valence-electron chi connectivity index (χ0n) is 9.61. The van der Waals surface area contributed by atoms with Crippen molar-refractivity contribution in [2.75, 3.05) is 5.33 Å². The standard InChI is InChI=1S/C12H16BrNO3/c1-2-8(5-6-13)14-12(17)10-4-3-9(15)7-11(10)16/h3-4,7-8,15-16H,2,5-6H2,1H3,(H,14,17). The summed E-state index contributed by atoms with van der Waals surface area (Å²) in [5.74, 6) is -0.599. The number of carbonyl (C=O) groups excluding carboxylic acids is 1. The molecule has 0 spiro atoms. The number of halogens is 1. The predicted molar refractivity (Wildman–Crippen MR) is 69.7 cm³/mol. The summed E-state index contributed by atoms with van der Waals surface area (Å²) in [4.78, 5) is 11.9. The zero-order chi connectivity index (χ0) is 12.8. The number of alkyl halides is 1. The van der Waals surface area contributed by atoms with Gasteiger partial charge < -0.3 is 15.5 Å². The van der Waals surface area contributed by atoms with E-state index >= 15 is 0 Å². The predicted octanol–water partition coefficient (Wildman–Crippen LogP) is 2.39. The molecular formula is C12H16BrNO3. The smallest absolute Gasteiger partial charge is 0.255 e. The minimum Gasteiger partial charge on any atom is -0.508 e. The molecule has 0 saturated heterocycles. The molecule has 0 aliphatic carbocycles. The van der Waals surface area contributed by atoms with Crippen LogP contribution in [0.2, 0.25) is 0 Å². The molecule has 1 aromatic carbocycles. The quantitative estimate of drug-likeness (QED) is 0.731. The Kier molecular flexibility index (Phi) is 5.28. The first-order chi connectivity index (χ1) is 8.08. The summed E-state index contributed by atoms with van der Waals surface area (Å²) in [7, 11) is 0. The molecule has 4 nitrogen and oxygen atoms in total. The minimum atomic E-state index is -0.324. The summed E-state index contributed by atoms with van der Waals surface area (Å²) in [6.07, 6.45) is 1.66. The summed E-state index contributed by atoms with van der Waals surface area (Å²) >= 11 is 3.33. The molecule has 0 aliphatic rings. The molecule has 0 bridgehead atoms. The monoisotopic (exact) mass is 301 g/mol. The van der Waals surface area contributed by atoms with E-state index in [4.69, 9.17) is 5.11 Å². The van der Waals surface area contributed by atoms with E-state index in [1.165, 1.54) is 12.1 Å². The van der Waals surface area contributed by atoms with E-state index in [1.54, 1.807) is 0 Å². The van der Waals surface area contributed by atoms with Crippen molar-refractivity contribution in [2.45, 2.75) is 25.8 Å². The summed E-state index contributed by atoms with van der Waals surface area (Å²) in [5.41, 5.74) is 0.177. The van der Waals surface area contributed by atoms with E-state index < -0.39 is 0 Å². The highest BCUT2D eigenvalue weighted by molar-refractivity contribution is 9.09. The molecule has 0 fully saturated rings. The first-order valence-electron chi connectivity index (χ1n) is 5.47. The van der Waals surface area contributed by atoms with Crippen LogP contribution >= 0.6 is 15.9 Å². The second-order valence-corrected chi connectivity index (χ2v) is 4.55. The molecule has 1 aromatic rings. The van der Waals surface area contributed by atoms with Crippen molar-refractivity contribution in [2.24, 2.45) is 0 Å². The van der Waals surface area contributed by atoms with E-state index in [1.807, 2.05) is 6.92 Å². The van der Waals surface area contributed by atoms with Gasteiger partial charge in [0, 0.05) is 17.4 Å². The van der Waals surface area contributed by atoms with Gasteiger partial charge in [-0.15, -0.1) is 0 Å². The number of nitrogens with one attached hydrogen (secondary N) is 1. The number of aromatic hydroxyl groups is 2. The third-order valence-electron chi connectivity index (χ3n) is 2.51. The van der Waals surface area contributed by atoms with Gasteiger partial charge in [-0.3, -0.25) is 4.79 Å². The van der Waals surface area contributed by atoms with Gasteiger partial charge in [0.25, 0.3) is 5.91 Å². The van der Waals surface area contributed by atoms with Crippen LogP contribution in [0.4, 0.5) is 0 Å². The van der Waals surface area contributed by atoms with Crippen LogP contribution in [0.5, 0.6) is 11.5 Å². The Morgan fingerprint density at radius 1 is 1.47 bits per heavy atom. The summed E-state index contributed by atoms with van der Waals surface area (Å²) in [5, 5.41) is 22.3. The highest BCUT2D eigenvalue weighted by Crippen LogP contribution is 2.22. The largest absolute Gasteiger partial charge is 0.508 e. The van der Waals surface area contributed by atoms with Crippen LogP contribution in [0, 0.1) is 0 Å². The van der Waals surface area contributed by atoms with Crippen LogP contribution in [0.25, 0.3) is 0 Å². The van der Waals surface area contributed by atoms with Gasteiger partial charge in [-0.1, -0.05) is 22.9 Å².